The van der Waals surface area contributed by atoms with Crippen molar-refractivity contribution in [3.05, 3.63) is 47.8 Å². The lowest BCUT2D eigenvalue weighted by Gasteiger charge is -2.35. The molecular weight excluding hydrogens is 284 g/mol. The second-order valence-corrected chi connectivity index (χ2v) is 5.06. The number of nitrogens with one attached hydrogen (secondary N) is 1. The van der Waals surface area contributed by atoms with Gasteiger partial charge in [0.2, 0.25) is 0 Å². The number of rotatable bonds is 4. The van der Waals surface area contributed by atoms with Crippen LogP contribution in [0.2, 0.25) is 0 Å². The van der Waals surface area contributed by atoms with Gasteiger partial charge in [-0.1, -0.05) is 12.1 Å². The van der Waals surface area contributed by atoms with E-state index in [4.69, 9.17) is 0 Å². The lowest BCUT2D eigenvalue weighted by atomic mass is 9.99. The molecule has 1 atom stereocenters. The second kappa shape index (κ2) is 6.58. The molecule has 0 spiro atoms. The Labute approximate surface area is 121 Å². The zero-order chi connectivity index (χ0) is 15.5. The summed E-state index contributed by atoms with van der Waals surface area (Å²) in [5.74, 6) is -0.810. The molecule has 21 heavy (non-hydrogen) atoms. The highest BCUT2D eigenvalue weighted by Crippen LogP contribution is 2.33. The summed E-state index contributed by atoms with van der Waals surface area (Å²) >= 11 is 0. The molecular formula is C15H18F4N2. The summed E-state index contributed by atoms with van der Waals surface area (Å²) in [5.41, 5.74) is -0.661. The van der Waals surface area contributed by atoms with Gasteiger partial charge < -0.3 is 5.32 Å². The van der Waals surface area contributed by atoms with Crippen LogP contribution in [0.1, 0.15) is 23.6 Å². The highest BCUT2D eigenvalue weighted by atomic mass is 19.4. The second-order valence-electron chi connectivity index (χ2n) is 5.06. The number of hydrogen-bond donors (Lipinski definition) is 1. The maximum Gasteiger partial charge on any atom is 0.416 e. The van der Waals surface area contributed by atoms with E-state index in [1.165, 1.54) is 6.07 Å². The molecule has 1 aromatic carbocycles. The summed E-state index contributed by atoms with van der Waals surface area (Å²) in [4.78, 5) is 2.07. The average molecular weight is 302 g/mol. The van der Waals surface area contributed by atoms with Crippen molar-refractivity contribution in [2.24, 2.45) is 0 Å². The van der Waals surface area contributed by atoms with Gasteiger partial charge in [-0.15, -0.1) is 6.58 Å². The Kier molecular flexibility index (Phi) is 5.00. The molecule has 0 unspecified atom stereocenters. The van der Waals surface area contributed by atoms with E-state index in [0.717, 1.165) is 32.2 Å². The minimum absolute atomic E-state index is 0.271. The van der Waals surface area contributed by atoms with Crippen LogP contribution in [0.5, 0.6) is 0 Å². The van der Waals surface area contributed by atoms with Crippen LogP contribution in [-0.2, 0) is 6.18 Å². The molecule has 1 aliphatic rings. The third kappa shape index (κ3) is 3.83. The van der Waals surface area contributed by atoms with Crippen LogP contribution in [0.3, 0.4) is 0 Å². The number of alkyl halides is 3. The Bertz CT molecular complexity index is 493. The van der Waals surface area contributed by atoms with E-state index < -0.39 is 17.6 Å². The quantitative estimate of drug-likeness (QED) is 0.677. The van der Waals surface area contributed by atoms with E-state index >= 15 is 0 Å². The van der Waals surface area contributed by atoms with Crippen molar-refractivity contribution in [3.63, 3.8) is 0 Å². The standard InChI is InChI=1S/C15H18F4N2/c1-2-3-14(21-8-6-20-7-9-21)12-5-4-11(10-13(12)16)15(17,18)19/h2,4-5,10,14,20H,1,3,6-9H2/t14-/m1/s1. The van der Waals surface area contributed by atoms with Crippen LogP contribution in [0, 0.1) is 5.82 Å². The molecule has 0 radical (unpaired) electrons. The van der Waals surface area contributed by atoms with Gasteiger partial charge in [0.25, 0.3) is 0 Å². The monoisotopic (exact) mass is 302 g/mol. The summed E-state index contributed by atoms with van der Waals surface area (Å²) in [7, 11) is 0. The Morgan fingerprint density at radius 2 is 1.95 bits per heavy atom. The van der Waals surface area contributed by atoms with E-state index in [0.29, 0.717) is 18.1 Å². The van der Waals surface area contributed by atoms with E-state index in [9.17, 15) is 17.6 Å². The van der Waals surface area contributed by atoms with Crippen LogP contribution in [0.25, 0.3) is 0 Å². The van der Waals surface area contributed by atoms with Gasteiger partial charge in [0.05, 0.1) is 5.56 Å². The van der Waals surface area contributed by atoms with Gasteiger partial charge in [-0.05, 0) is 18.6 Å². The van der Waals surface area contributed by atoms with E-state index in [-0.39, 0.29) is 6.04 Å². The zero-order valence-corrected chi connectivity index (χ0v) is 11.6. The highest BCUT2D eigenvalue weighted by molar-refractivity contribution is 5.29. The molecule has 1 aliphatic heterocycles. The molecule has 1 heterocycles. The van der Waals surface area contributed by atoms with Gasteiger partial charge in [0.15, 0.2) is 0 Å². The van der Waals surface area contributed by atoms with Crippen LogP contribution in [-0.4, -0.2) is 31.1 Å². The summed E-state index contributed by atoms with van der Waals surface area (Å²) < 4.78 is 51.9. The molecule has 1 saturated heterocycles. The molecule has 0 amide bonds. The molecule has 6 heteroatoms. The third-order valence-corrected chi connectivity index (χ3v) is 3.67. The molecule has 2 rings (SSSR count). The first-order chi connectivity index (χ1) is 9.93. The van der Waals surface area contributed by atoms with Crippen LogP contribution in [0.15, 0.2) is 30.9 Å². The fraction of sp³-hybridized carbons (Fsp3) is 0.467. The summed E-state index contributed by atoms with van der Waals surface area (Å²) in [6.07, 6.45) is -2.35. The Hall–Kier alpha value is -1.40. The van der Waals surface area contributed by atoms with Crippen molar-refractivity contribution in [2.45, 2.75) is 18.6 Å². The molecule has 0 aromatic heterocycles. The summed E-state index contributed by atoms with van der Waals surface area (Å²) in [6, 6.07) is 2.49. The molecule has 0 aliphatic carbocycles. The van der Waals surface area contributed by atoms with Crippen LogP contribution in [0.4, 0.5) is 17.6 Å². The smallest absolute Gasteiger partial charge is 0.314 e. The van der Waals surface area contributed by atoms with Gasteiger partial charge in [-0.2, -0.15) is 13.2 Å². The molecule has 2 nitrogen and oxygen atoms in total. The number of benzene rings is 1. The lowest BCUT2D eigenvalue weighted by Crippen LogP contribution is -2.45. The summed E-state index contributed by atoms with van der Waals surface area (Å²) in [6.45, 7) is 6.71. The molecule has 0 saturated carbocycles. The number of halogens is 4. The topological polar surface area (TPSA) is 15.3 Å². The fourth-order valence-corrected chi connectivity index (χ4v) is 2.60. The largest absolute Gasteiger partial charge is 0.416 e. The van der Waals surface area contributed by atoms with Crippen molar-refractivity contribution in [1.29, 1.82) is 0 Å². The number of piperazine rings is 1. The Morgan fingerprint density at radius 3 is 2.48 bits per heavy atom. The zero-order valence-electron chi connectivity index (χ0n) is 11.6. The van der Waals surface area contributed by atoms with Crippen molar-refractivity contribution < 1.29 is 17.6 Å². The normalized spacial score (nSPS) is 18.5. The third-order valence-electron chi connectivity index (χ3n) is 3.67. The fourth-order valence-electron chi connectivity index (χ4n) is 2.60. The maximum atomic E-state index is 14.1. The van der Waals surface area contributed by atoms with E-state index in [1.54, 1.807) is 6.08 Å². The maximum absolute atomic E-state index is 14.1. The number of hydrogen-bond acceptors (Lipinski definition) is 2. The first-order valence-electron chi connectivity index (χ1n) is 6.86. The predicted molar refractivity (Wildman–Crippen MR) is 73.4 cm³/mol. The molecule has 1 fully saturated rings. The van der Waals surface area contributed by atoms with Crippen LogP contribution >= 0.6 is 0 Å². The molecule has 116 valence electrons. The van der Waals surface area contributed by atoms with Gasteiger partial charge in [-0.25, -0.2) is 4.39 Å². The minimum Gasteiger partial charge on any atom is -0.314 e. The van der Waals surface area contributed by atoms with Gasteiger partial charge in [-0.3, -0.25) is 4.90 Å². The van der Waals surface area contributed by atoms with Gasteiger partial charge in [0.1, 0.15) is 5.82 Å². The van der Waals surface area contributed by atoms with E-state index in [1.807, 2.05) is 0 Å². The molecule has 0 bridgehead atoms. The SMILES string of the molecule is C=CC[C@H](c1ccc(C(F)(F)F)cc1F)N1CCNCC1. The van der Waals surface area contributed by atoms with Crippen molar-refractivity contribution in [2.75, 3.05) is 26.2 Å². The minimum atomic E-state index is -4.53. The average Bonchev–Trinajstić information content (AvgIpc) is 2.45. The van der Waals surface area contributed by atoms with Crippen molar-refractivity contribution in [3.8, 4) is 0 Å². The Morgan fingerprint density at radius 1 is 1.29 bits per heavy atom. The van der Waals surface area contributed by atoms with Gasteiger partial charge in [0, 0.05) is 37.8 Å². The Balaban J connectivity index is 2.29. The summed E-state index contributed by atoms with van der Waals surface area (Å²) in [5, 5.41) is 3.20. The van der Waals surface area contributed by atoms with Crippen LogP contribution < -0.4 is 5.32 Å². The highest BCUT2D eigenvalue weighted by Gasteiger charge is 2.32. The van der Waals surface area contributed by atoms with E-state index in [2.05, 4.69) is 16.8 Å². The molecule has 1 aromatic rings. The molecule has 1 N–H and O–H groups in total. The van der Waals surface area contributed by atoms with Crippen molar-refractivity contribution >= 4 is 0 Å². The van der Waals surface area contributed by atoms with Crippen molar-refractivity contribution in [1.82, 2.24) is 10.2 Å². The first-order valence-corrected chi connectivity index (χ1v) is 6.86. The lowest BCUT2D eigenvalue weighted by molar-refractivity contribution is -0.137. The van der Waals surface area contributed by atoms with Gasteiger partial charge >= 0.3 is 6.18 Å². The first kappa shape index (κ1) is 16.0. The predicted octanol–water partition coefficient (Wildman–Crippen LogP) is 3.37. The number of nitrogens with zero attached hydrogens (tertiary/aromatic N) is 1.